The molecule has 2 heterocycles. The van der Waals surface area contributed by atoms with Gasteiger partial charge in [0.05, 0.1) is 5.54 Å². The maximum Gasteiger partial charge on any atom is 0.173 e. The Balaban J connectivity index is 1.61. The third-order valence-corrected chi connectivity index (χ3v) is 6.38. The molecule has 2 aliphatic rings. The average molecular weight is 401 g/mol. The van der Waals surface area contributed by atoms with E-state index in [1.54, 1.807) is 6.07 Å². The molecule has 7 heteroatoms. The number of hydrogen-bond acceptors (Lipinski definition) is 5. The summed E-state index contributed by atoms with van der Waals surface area (Å²) in [6, 6.07) is 7.48. The van der Waals surface area contributed by atoms with Crippen molar-refractivity contribution in [3.05, 3.63) is 41.5 Å². The van der Waals surface area contributed by atoms with Crippen LogP contribution in [-0.2, 0) is 5.54 Å². The lowest BCUT2D eigenvalue weighted by atomic mass is 9.93. The van der Waals surface area contributed by atoms with Crippen molar-refractivity contribution in [1.29, 1.82) is 0 Å². The van der Waals surface area contributed by atoms with Crippen LogP contribution in [0.5, 0.6) is 0 Å². The van der Waals surface area contributed by atoms with Gasteiger partial charge in [0.25, 0.3) is 0 Å². The number of aromatic nitrogens is 4. The number of benzene rings is 1. The molecule has 4 rings (SSSR count). The molecule has 2 fully saturated rings. The molecule has 1 aliphatic carbocycles. The second-order valence-corrected chi connectivity index (χ2v) is 9.41. The first-order valence-electron chi connectivity index (χ1n) is 11.0. The maximum absolute atomic E-state index is 14.9. The van der Waals surface area contributed by atoms with Crippen molar-refractivity contribution in [2.45, 2.75) is 70.5 Å². The van der Waals surface area contributed by atoms with Crippen LogP contribution in [0.4, 0.5) is 4.39 Å². The van der Waals surface area contributed by atoms with E-state index in [4.69, 9.17) is 0 Å². The summed E-state index contributed by atoms with van der Waals surface area (Å²) >= 11 is 0. The topological polar surface area (TPSA) is 50.1 Å². The predicted octanol–water partition coefficient (Wildman–Crippen LogP) is 3.61. The summed E-state index contributed by atoms with van der Waals surface area (Å²) < 4.78 is 16.7. The van der Waals surface area contributed by atoms with Crippen molar-refractivity contribution in [2.75, 3.05) is 26.2 Å². The van der Waals surface area contributed by atoms with E-state index in [0.717, 1.165) is 32.2 Å². The van der Waals surface area contributed by atoms with Gasteiger partial charge in [-0.2, -0.15) is 0 Å². The normalized spacial score (nSPS) is 21.4. The SMILES string of the molecule is CC(C)(C)n1nnnc1C(c1ccccc1F)N1CCN(C2CCCCC2)CC1. The lowest BCUT2D eigenvalue weighted by Gasteiger charge is -2.43. The van der Waals surface area contributed by atoms with Crippen molar-refractivity contribution in [3.8, 4) is 0 Å². The monoisotopic (exact) mass is 400 g/mol. The molecule has 1 saturated heterocycles. The van der Waals surface area contributed by atoms with Gasteiger partial charge in [-0.25, -0.2) is 9.07 Å². The Bertz CT molecular complexity index is 800. The maximum atomic E-state index is 14.9. The molecule has 29 heavy (non-hydrogen) atoms. The van der Waals surface area contributed by atoms with Crippen LogP contribution in [0.15, 0.2) is 24.3 Å². The summed E-state index contributed by atoms with van der Waals surface area (Å²) in [6.07, 6.45) is 6.71. The molecule has 6 nitrogen and oxygen atoms in total. The van der Waals surface area contributed by atoms with E-state index >= 15 is 0 Å². The summed E-state index contributed by atoms with van der Waals surface area (Å²) in [5.41, 5.74) is 0.380. The molecular weight excluding hydrogens is 367 g/mol. The number of halogens is 1. The van der Waals surface area contributed by atoms with Crippen molar-refractivity contribution >= 4 is 0 Å². The van der Waals surface area contributed by atoms with E-state index in [-0.39, 0.29) is 17.4 Å². The minimum atomic E-state index is -0.279. The number of hydrogen-bond donors (Lipinski definition) is 0. The fourth-order valence-electron chi connectivity index (χ4n) is 4.85. The highest BCUT2D eigenvalue weighted by Crippen LogP contribution is 2.33. The van der Waals surface area contributed by atoms with E-state index in [2.05, 4.69) is 46.1 Å². The van der Waals surface area contributed by atoms with Gasteiger partial charge in [-0.15, -0.1) is 5.10 Å². The largest absolute Gasteiger partial charge is 0.298 e. The van der Waals surface area contributed by atoms with Crippen molar-refractivity contribution in [2.24, 2.45) is 0 Å². The second kappa shape index (κ2) is 8.48. The lowest BCUT2D eigenvalue weighted by Crippen LogP contribution is -2.52. The number of rotatable bonds is 4. The molecule has 1 aromatic heterocycles. The smallest absolute Gasteiger partial charge is 0.173 e. The standard InChI is InChI=1S/C22H33FN6/c1-22(2,3)29-21(24-25-26-29)20(18-11-7-8-12-19(18)23)28-15-13-27(14-16-28)17-9-5-4-6-10-17/h7-8,11-12,17,20H,4-6,9-10,13-16H2,1-3H3. The van der Waals surface area contributed by atoms with Gasteiger partial charge < -0.3 is 0 Å². The summed E-state index contributed by atoms with van der Waals surface area (Å²) in [4.78, 5) is 4.99. The van der Waals surface area contributed by atoms with Gasteiger partial charge in [-0.05, 0) is 50.1 Å². The van der Waals surface area contributed by atoms with Crippen LogP contribution in [0.2, 0.25) is 0 Å². The molecule has 0 bridgehead atoms. The van der Waals surface area contributed by atoms with Gasteiger partial charge in [0, 0.05) is 37.8 Å². The van der Waals surface area contributed by atoms with Crippen molar-refractivity contribution in [1.82, 2.24) is 30.0 Å². The third-order valence-electron chi connectivity index (χ3n) is 6.38. The molecule has 0 radical (unpaired) electrons. The summed E-state index contributed by atoms with van der Waals surface area (Å²) in [7, 11) is 0. The average Bonchev–Trinajstić information content (AvgIpc) is 3.21. The molecule has 158 valence electrons. The summed E-state index contributed by atoms with van der Waals surface area (Å²) in [5.74, 6) is 0.518. The first kappa shape index (κ1) is 20.4. The Morgan fingerprint density at radius 2 is 1.69 bits per heavy atom. The fourth-order valence-corrected chi connectivity index (χ4v) is 4.85. The number of piperazine rings is 1. The van der Waals surface area contributed by atoms with Gasteiger partial charge in [0.15, 0.2) is 5.82 Å². The molecule has 1 saturated carbocycles. The number of tetrazole rings is 1. The first-order valence-corrected chi connectivity index (χ1v) is 11.0. The third kappa shape index (κ3) is 4.36. The Morgan fingerprint density at radius 1 is 1.00 bits per heavy atom. The summed E-state index contributed by atoms with van der Waals surface area (Å²) in [6.45, 7) is 10.1. The highest BCUT2D eigenvalue weighted by atomic mass is 19.1. The Labute approximate surface area is 173 Å². The van der Waals surface area contributed by atoms with E-state index in [0.29, 0.717) is 11.4 Å². The highest BCUT2D eigenvalue weighted by Gasteiger charge is 2.35. The number of nitrogens with zero attached hydrogens (tertiary/aromatic N) is 6. The van der Waals surface area contributed by atoms with E-state index < -0.39 is 0 Å². The molecule has 0 amide bonds. The van der Waals surface area contributed by atoms with Crippen LogP contribution < -0.4 is 0 Å². The van der Waals surface area contributed by atoms with Crippen molar-refractivity contribution in [3.63, 3.8) is 0 Å². The van der Waals surface area contributed by atoms with Gasteiger partial charge in [-0.1, -0.05) is 37.5 Å². The Morgan fingerprint density at radius 3 is 2.34 bits per heavy atom. The van der Waals surface area contributed by atoms with Gasteiger partial charge in [0.1, 0.15) is 11.9 Å². The Hall–Kier alpha value is -1.86. The molecule has 1 aromatic carbocycles. The van der Waals surface area contributed by atoms with E-state index in [9.17, 15) is 4.39 Å². The van der Waals surface area contributed by atoms with Gasteiger partial charge in [-0.3, -0.25) is 9.80 Å². The van der Waals surface area contributed by atoms with E-state index in [1.165, 1.54) is 38.2 Å². The lowest BCUT2D eigenvalue weighted by molar-refractivity contribution is 0.0601. The highest BCUT2D eigenvalue weighted by molar-refractivity contribution is 5.27. The minimum Gasteiger partial charge on any atom is -0.298 e. The molecule has 1 unspecified atom stereocenters. The second-order valence-electron chi connectivity index (χ2n) is 9.41. The fraction of sp³-hybridized carbons (Fsp3) is 0.682. The van der Waals surface area contributed by atoms with E-state index in [1.807, 2.05) is 16.8 Å². The zero-order valence-corrected chi connectivity index (χ0v) is 17.9. The van der Waals surface area contributed by atoms with Crippen LogP contribution in [0.1, 0.15) is 70.3 Å². The molecule has 1 atom stereocenters. The molecule has 0 N–H and O–H groups in total. The van der Waals surface area contributed by atoms with Crippen LogP contribution >= 0.6 is 0 Å². The molecule has 1 aliphatic heterocycles. The van der Waals surface area contributed by atoms with Crippen LogP contribution in [0, 0.1) is 5.82 Å². The van der Waals surface area contributed by atoms with Crippen molar-refractivity contribution < 1.29 is 4.39 Å². The Kier molecular flexibility index (Phi) is 5.97. The molecule has 2 aromatic rings. The zero-order chi connectivity index (χ0) is 20.4. The van der Waals surface area contributed by atoms with Gasteiger partial charge >= 0.3 is 0 Å². The first-order chi connectivity index (χ1) is 13.9. The van der Waals surface area contributed by atoms with Crippen LogP contribution in [0.3, 0.4) is 0 Å². The minimum absolute atomic E-state index is 0.198. The van der Waals surface area contributed by atoms with Crippen LogP contribution in [-0.4, -0.2) is 62.2 Å². The molecular formula is C22H33FN6. The van der Waals surface area contributed by atoms with Gasteiger partial charge in [0.2, 0.25) is 0 Å². The summed E-state index contributed by atoms with van der Waals surface area (Å²) in [5, 5.41) is 12.6. The molecule has 0 spiro atoms. The zero-order valence-electron chi connectivity index (χ0n) is 17.9. The predicted molar refractivity (Wildman–Crippen MR) is 111 cm³/mol. The van der Waals surface area contributed by atoms with Crippen LogP contribution in [0.25, 0.3) is 0 Å². The quantitative estimate of drug-likeness (QED) is 0.785.